The molecule has 0 fully saturated rings. The van der Waals surface area contributed by atoms with Gasteiger partial charge < -0.3 is 11.7 Å². The summed E-state index contributed by atoms with van der Waals surface area (Å²) in [5.74, 6) is 0. The third kappa shape index (κ3) is 4.94. The normalized spacial score (nSPS) is 6.60. The summed E-state index contributed by atoms with van der Waals surface area (Å²) in [6.45, 7) is 0. The van der Waals surface area contributed by atoms with Gasteiger partial charge in [0.1, 0.15) is 0 Å². The highest BCUT2D eigenvalue weighted by Gasteiger charge is 1.34. The number of nitrogens with zero attached hydrogens (tertiary/aromatic N) is 1. The molecular formula is NS4-. The molecule has 0 aliphatic rings. The van der Waals surface area contributed by atoms with Gasteiger partial charge in [-0.3, -0.25) is 0 Å². The summed E-state index contributed by atoms with van der Waals surface area (Å²) >= 11 is 8.63. The lowest BCUT2D eigenvalue weighted by atomic mass is 13.9. The van der Waals surface area contributed by atoms with Crippen LogP contribution in [0.5, 0.6) is 0 Å². The quantitative estimate of drug-likeness (QED) is 0.305. The van der Waals surface area contributed by atoms with Crippen molar-refractivity contribution >= 4 is 43.9 Å². The van der Waals surface area contributed by atoms with E-state index in [1.54, 1.807) is 0 Å². The molecule has 0 spiro atoms. The van der Waals surface area contributed by atoms with Crippen molar-refractivity contribution in [2.24, 2.45) is 3.77 Å². The Hall–Kier alpha value is 0.940. The second-order valence-corrected chi connectivity index (χ2v) is 2.01. The maximum Gasteiger partial charge on any atom is 0.0390 e. The minimum atomic E-state index is 0.969. The van der Waals surface area contributed by atoms with Crippen LogP contribution in [-0.2, 0) is 33.0 Å². The third-order valence-corrected chi connectivity index (χ3v) is 1.64. The van der Waals surface area contributed by atoms with Gasteiger partial charge in [0.05, 0.1) is 0 Å². The van der Waals surface area contributed by atoms with E-state index in [2.05, 4.69) is 26.6 Å². The highest BCUT2D eigenvalue weighted by molar-refractivity contribution is 8.59. The summed E-state index contributed by atoms with van der Waals surface area (Å²) in [6.07, 6.45) is 0. The second kappa shape index (κ2) is 4.94. The highest BCUT2D eigenvalue weighted by Crippen LogP contribution is 1.89. The van der Waals surface area contributed by atoms with E-state index >= 15 is 0 Å². The number of hydrogen-bond donors (Lipinski definition) is 0. The van der Waals surface area contributed by atoms with E-state index in [0.29, 0.717) is 0 Å². The molecule has 0 radical (unpaired) electrons. The first-order chi connectivity index (χ1) is 2.41. The third-order valence-electron chi connectivity index (χ3n) is 0.0609. The van der Waals surface area contributed by atoms with Gasteiger partial charge in [-0.1, -0.05) is 0 Å². The van der Waals surface area contributed by atoms with Crippen molar-refractivity contribution in [3.63, 3.8) is 0 Å². The topological polar surface area (TPSA) is 12.4 Å². The van der Waals surface area contributed by atoms with Crippen molar-refractivity contribution < 1.29 is 0 Å². The van der Waals surface area contributed by atoms with Crippen LogP contribution in [0.2, 0.25) is 0 Å². The van der Waals surface area contributed by atoms with Crippen LogP contribution in [0.3, 0.4) is 0 Å². The summed E-state index contributed by atoms with van der Waals surface area (Å²) in [4.78, 5) is 0. The molecule has 0 aromatic heterocycles. The van der Waals surface area contributed by atoms with Gasteiger partial charge in [-0.15, -0.1) is 0 Å². The molecule has 0 N–H and O–H groups in total. The van der Waals surface area contributed by atoms with Gasteiger partial charge in [-0.05, 0) is 0 Å². The lowest BCUT2D eigenvalue weighted by Gasteiger charge is -1.82. The second-order valence-electron chi connectivity index (χ2n) is 0.224. The lowest BCUT2D eigenvalue weighted by molar-refractivity contribution is 2.14. The smallest absolute Gasteiger partial charge is 0.0390 e. The zero-order valence-corrected chi connectivity index (χ0v) is 5.35. The zero-order valence-electron chi connectivity index (χ0n) is 2.08. The summed E-state index contributed by atoms with van der Waals surface area (Å²) in [5.41, 5.74) is 0. The summed E-state index contributed by atoms with van der Waals surface area (Å²) in [7, 11) is 1.94. The van der Waals surface area contributed by atoms with E-state index in [4.69, 9.17) is 0 Å². The summed E-state index contributed by atoms with van der Waals surface area (Å²) < 4.78 is 3.44. The van der Waals surface area contributed by atoms with Crippen LogP contribution in [0.1, 0.15) is 0 Å². The van der Waals surface area contributed by atoms with E-state index in [0.717, 1.165) is 21.1 Å². The van der Waals surface area contributed by atoms with Crippen LogP contribution >= 0.6 is 11.0 Å². The fraction of sp³-hybridized carbons (Fsp3) is 0. The number of hydrogen-bond acceptors (Lipinski definition) is 4. The molecule has 30 valence electrons. The van der Waals surface area contributed by atoms with Gasteiger partial charge in [0, 0.05) is 21.3 Å². The molecule has 0 saturated carbocycles. The highest BCUT2D eigenvalue weighted by atomic mass is 33.1. The molecular weight excluding hydrogens is 142 g/mol. The van der Waals surface area contributed by atoms with E-state index < -0.39 is 0 Å². The first kappa shape index (κ1) is 5.94. The molecule has 5 heteroatoms. The van der Waals surface area contributed by atoms with Gasteiger partial charge in [0.2, 0.25) is 0 Å². The predicted octanol–water partition coefficient (Wildman–Crippen LogP) is 0.825. The molecule has 0 aromatic rings. The largest absolute Gasteiger partial charge is 0.693 e. The monoisotopic (exact) mass is 142 g/mol. The molecule has 0 atom stereocenters. The van der Waals surface area contributed by atoms with E-state index in [-0.39, 0.29) is 0 Å². The van der Waals surface area contributed by atoms with Crippen LogP contribution in [0.15, 0.2) is 3.77 Å². The first-order valence-electron chi connectivity index (χ1n) is 0.698. The van der Waals surface area contributed by atoms with E-state index in [9.17, 15) is 0 Å². The van der Waals surface area contributed by atoms with Crippen LogP contribution in [-0.4, -0.2) is 0 Å². The minimum Gasteiger partial charge on any atom is -0.693 e. The first-order valence-corrected chi connectivity index (χ1v) is 4.10. The van der Waals surface area contributed by atoms with E-state index in [1.807, 2.05) is 0 Å². The Bertz CT molecular complexity index is 50.7. The predicted molar refractivity (Wildman–Crippen MR) is 32.1 cm³/mol. The van der Waals surface area contributed by atoms with Crippen LogP contribution in [0.25, 0.3) is 0 Å². The SMILES string of the molecule is S=S=NS[S-]. The molecule has 0 amide bonds. The Balaban J connectivity index is 2.93. The molecule has 0 aliphatic heterocycles. The molecule has 0 aromatic carbocycles. The molecule has 0 unspecified atom stereocenters. The van der Waals surface area contributed by atoms with Crippen LogP contribution < -0.4 is 0 Å². The average molecular weight is 142 g/mol. The van der Waals surface area contributed by atoms with Gasteiger partial charge in [-0.2, -0.15) is 14.7 Å². The van der Waals surface area contributed by atoms with Gasteiger partial charge >= 0.3 is 0 Å². The average Bonchev–Trinajstić information content (AvgIpc) is 1.41. The fourth-order valence-electron chi connectivity index (χ4n) is 0.0124. The van der Waals surface area contributed by atoms with Gasteiger partial charge in [-0.25, -0.2) is 0 Å². The Morgan fingerprint density at radius 2 is 2.40 bits per heavy atom. The van der Waals surface area contributed by atoms with Crippen molar-refractivity contribution in [1.29, 1.82) is 0 Å². The Morgan fingerprint density at radius 1 is 1.80 bits per heavy atom. The fourth-order valence-corrected chi connectivity index (χ4v) is 1.01. The molecule has 0 bridgehead atoms. The standard InChI is InChI=1S/HNS4/c2-4-1-5-3/h2H/p-1. The molecule has 0 heterocycles. The summed E-state index contributed by atoms with van der Waals surface area (Å²) in [6, 6.07) is 0. The maximum absolute atomic E-state index is 4.31. The Morgan fingerprint density at radius 3 is 2.40 bits per heavy atom. The van der Waals surface area contributed by atoms with Gasteiger partial charge in [0.15, 0.2) is 0 Å². The molecule has 5 heavy (non-hydrogen) atoms. The zero-order chi connectivity index (χ0) is 4.12. The van der Waals surface area contributed by atoms with Crippen molar-refractivity contribution in [1.82, 2.24) is 0 Å². The van der Waals surface area contributed by atoms with Crippen molar-refractivity contribution in [3.05, 3.63) is 0 Å². The van der Waals surface area contributed by atoms with E-state index in [1.165, 1.54) is 0 Å². The van der Waals surface area contributed by atoms with Gasteiger partial charge in [0.25, 0.3) is 0 Å². The van der Waals surface area contributed by atoms with Crippen molar-refractivity contribution in [2.75, 3.05) is 0 Å². The molecule has 0 aliphatic carbocycles. The molecule has 1 nitrogen and oxygen atoms in total. The van der Waals surface area contributed by atoms with Crippen molar-refractivity contribution in [3.8, 4) is 0 Å². The minimum absolute atomic E-state index is 0.969. The number of rotatable bonds is 1. The molecule has 0 rings (SSSR count). The lowest BCUT2D eigenvalue weighted by Crippen LogP contribution is -1.27. The molecule has 0 saturated heterocycles. The maximum atomic E-state index is 4.31. The Kier molecular flexibility index (Phi) is 5.87. The summed E-state index contributed by atoms with van der Waals surface area (Å²) in [5, 5.41) is 0. The Labute approximate surface area is 47.9 Å². The van der Waals surface area contributed by atoms with Crippen LogP contribution in [0, 0.1) is 0 Å². The van der Waals surface area contributed by atoms with Crippen LogP contribution in [0.4, 0.5) is 0 Å². The van der Waals surface area contributed by atoms with Crippen molar-refractivity contribution in [2.45, 2.75) is 0 Å².